The average Bonchev–Trinajstić information content (AvgIpc) is 3.20. The van der Waals surface area contributed by atoms with Crippen LogP contribution in [0.3, 0.4) is 0 Å². The maximum Gasteiger partial charge on any atom is 0.322 e. The molecule has 0 bridgehead atoms. The zero-order valence-corrected chi connectivity index (χ0v) is 17.0. The molecule has 1 saturated heterocycles. The van der Waals surface area contributed by atoms with Gasteiger partial charge in [-0.25, -0.2) is 14.2 Å². The quantitative estimate of drug-likeness (QED) is 0.701. The van der Waals surface area contributed by atoms with Crippen molar-refractivity contribution in [2.75, 3.05) is 50.6 Å². The molecule has 2 heterocycles. The second kappa shape index (κ2) is 8.12. The van der Waals surface area contributed by atoms with Crippen LogP contribution in [0.4, 0.5) is 20.0 Å². The molecule has 0 atom stereocenters. The second-order valence-electron chi connectivity index (χ2n) is 6.55. The minimum Gasteiger partial charge on any atom is -0.497 e. The predicted molar refractivity (Wildman–Crippen MR) is 112 cm³/mol. The lowest BCUT2D eigenvalue weighted by molar-refractivity contribution is 0.208. The van der Waals surface area contributed by atoms with Crippen molar-refractivity contribution in [2.24, 2.45) is 0 Å². The highest BCUT2D eigenvalue weighted by Gasteiger charge is 2.24. The maximum absolute atomic E-state index is 13.9. The second-order valence-corrected chi connectivity index (χ2v) is 7.56. The number of hydrogen-bond donors (Lipinski definition) is 1. The zero-order chi connectivity index (χ0) is 20.4. The van der Waals surface area contributed by atoms with Crippen LogP contribution in [0, 0.1) is 5.82 Å². The van der Waals surface area contributed by atoms with Crippen LogP contribution in [0.25, 0.3) is 10.2 Å². The lowest BCUT2D eigenvalue weighted by Crippen LogP contribution is -2.50. The average molecular weight is 416 g/mol. The van der Waals surface area contributed by atoms with E-state index in [0.29, 0.717) is 48.9 Å². The summed E-state index contributed by atoms with van der Waals surface area (Å²) < 4.78 is 25.2. The van der Waals surface area contributed by atoms with Crippen LogP contribution in [-0.4, -0.2) is 56.3 Å². The Kier molecular flexibility index (Phi) is 5.39. The van der Waals surface area contributed by atoms with Crippen molar-refractivity contribution in [3.63, 3.8) is 0 Å². The monoisotopic (exact) mass is 416 g/mol. The van der Waals surface area contributed by atoms with Gasteiger partial charge in [0.05, 0.1) is 24.6 Å². The molecule has 152 valence electrons. The first-order valence-electron chi connectivity index (χ1n) is 9.17. The molecule has 2 aromatic carbocycles. The van der Waals surface area contributed by atoms with Crippen molar-refractivity contribution in [3.05, 3.63) is 42.2 Å². The van der Waals surface area contributed by atoms with E-state index in [9.17, 15) is 9.18 Å². The third-order valence-corrected chi connectivity index (χ3v) is 5.93. The molecule has 0 radical (unpaired) electrons. The SMILES string of the molecule is COc1ccc(NC(=O)N2CCN(c3nc4c(F)cccc4s3)CC2)c(OC)c1. The molecule has 9 heteroatoms. The van der Waals surface area contributed by atoms with Gasteiger partial charge in [-0.15, -0.1) is 0 Å². The van der Waals surface area contributed by atoms with Crippen molar-refractivity contribution >= 4 is 38.4 Å². The molecule has 0 spiro atoms. The van der Waals surface area contributed by atoms with E-state index in [2.05, 4.69) is 15.2 Å². The van der Waals surface area contributed by atoms with Crippen molar-refractivity contribution in [1.82, 2.24) is 9.88 Å². The molecule has 3 aromatic rings. The van der Waals surface area contributed by atoms with E-state index in [0.717, 1.165) is 9.83 Å². The highest BCUT2D eigenvalue weighted by atomic mass is 32.1. The number of nitrogens with zero attached hydrogens (tertiary/aromatic N) is 3. The van der Waals surface area contributed by atoms with Crippen LogP contribution < -0.4 is 19.7 Å². The summed E-state index contributed by atoms with van der Waals surface area (Å²) in [4.78, 5) is 20.9. The number of para-hydroxylation sites is 1. The van der Waals surface area contributed by atoms with Gasteiger partial charge in [0.1, 0.15) is 22.8 Å². The molecule has 1 aromatic heterocycles. The molecule has 1 N–H and O–H groups in total. The minimum absolute atomic E-state index is 0.191. The number of carbonyl (C=O) groups excluding carboxylic acids is 1. The number of anilines is 2. The van der Waals surface area contributed by atoms with Crippen LogP contribution >= 0.6 is 11.3 Å². The number of ether oxygens (including phenoxy) is 2. The van der Waals surface area contributed by atoms with Crippen LogP contribution in [0.5, 0.6) is 11.5 Å². The number of hydrogen-bond acceptors (Lipinski definition) is 6. The first kappa shape index (κ1) is 19.3. The van der Waals surface area contributed by atoms with E-state index < -0.39 is 0 Å². The van der Waals surface area contributed by atoms with Crippen LogP contribution in [0.1, 0.15) is 0 Å². The summed E-state index contributed by atoms with van der Waals surface area (Å²) in [7, 11) is 3.12. The number of amides is 2. The van der Waals surface area contributed by atoms with E-state index in [1.807, 2.05) is 6.07 Å². The van der Waals surface area contributed by atoms with E-state index in [4.69, 9.17) is 9.47 Å². The summed E-state index contributed by atoms with van der Waals surface area (Å²) in [5.41, 5.74) is 0.988. The summed E-state index contributed by atoms with van der Waals surface area (Å²) in [6.07, 6.45) is 0. The number of carbonyl (C=O) groups is 1. The summed E-state index contributed by atoms with van der Waals surface area (Å²) >= 11 is 1.47. The molecule has 1 aliphatic heterocycles. The Balaban J connectivity index is 1.40. The zero-order valence-electron chi connectivity index (χ0n) is 16.1. The molecule has 29 heavy (non-hydrogen) atoms. The molecule has 0 saturated carbocycles. The van der Waals surface area contributed by atoms with Gasteiger partial charge in [0.25, 0.3) is 0 Å². The standard InChI is InChI=1S/C20H21FN4O3S/c1-27-13-6-7-15(16(12-13)28-2)22-19(26)24-8-10-25(11-9-24)20-23-18-14(21)4-3-5-17(18)29-20/h3-7,12H,8-11H2,1-2H3,(H,22,26). The molecule has 0 unspecified atom stereocenters. The van der Waals surface area contributed by atoms with Crippen molar-refractivity contribution in [2.45, 2.75) is 0 Å². The van der Waals surface area contributed by atoms with Gasteiger partial charge in [0.2, 0.25) is 0 Å². The third kappa shape index (κ3) is 3.91. The van der Waals surface area contributed by atoms with Crippen molar-refractivity contribution in [1.29, 1.82) is 0 Å². The summed E-state index contributed by atoms with van der Waals surface area (Å²) in [6.45, 7) is 2.36. The number of methoxy groups -OCH3 is 2. The highest BCUT2D eigenvalue weighted by molar-refractivity contribution is 7.22. The maximum atomic E-state index is 13.9. The Bertz CT molecular complexity index is 1030. The molecule has 1 aliphatic rings. The van der Waals surface area contributed by atoms with Crippen LogP contribution in [0.2, 0.25) is 0 Å². The molecular formula is C20H21FN4O3S. The fraction of sp³-hybridized carbons (Fsp3) is 0.300. The van der Waals surface area contributed by atoms with Gasteiger partial charge in [0, 0.05) is 32.2 Å². The topological polar surface area (TPSA) is 66.9 Å². The lowest BCUT2D eigenvalue weighted by atomic mass is 10.2. The largest absolute Gasteiger partial charge is 0.497 e. The number of urea groups is 1. The Hall–Kier alpha value is -3.07. The van der Waals surface area contributed by atoms with Gasteiger partial charge in [-0.05, 0) is 24.3 Å². The van der Waals surface area contributed by atoms with Gasteiger partial charge in [-0.3, -0.25) is 0 Å². The summed E-state index contributed by atoms with van der Waals surface area (Å²) in [5, 5.41) is 3.67. The van der Waals surface area contributed by atoms with Crippen molar-refractivity contribution in [3.8, 4) is 11.5 Å². The van der Waals surface area contributed by atoms with E-state index in [-0.39, 0.29) is 11.8 Å². The number of benzene rings is 2. The van der Waals surface area contributed by atoms with Crippen LogP contribution in [0.15, 0.2) is 36.4 Å². The first-order valence-corrected chi connectivity index (χ1v) is 9.98. The van der Waals surface area contributed by atoms with Gasteiger partial charge < -0.3 is 24.6 Å². The number of halogens is 1. The molecular weight excluding hydrogens is 395 g/mol. The molecule has 2 amide bonds. The third-order valence-electron chi connectivity index (χ3n) is 4.85. The number of piperazine rings is 1. The Morgan fingerprint density at radius 3 is 2.62 bits per heavy atom. The number of rotatable bonds is 4. The molecule has 4 rings (SSSR count). The van der Waals surface area contributed by atoms with E-state index in [1.165, 1.54) is 17.4 Å². The highest BCUT2D eigenvalue weighted by Crippen LogP contribution is 2.31. The molecule has 7 nitrogen and oxygen atoms in total. The van der Waals surface area contributed by atoms with Gasteiger partial charge >= 0.3 is 6.03 Å². The van der Waals surface area contributed by atoms with Gasteiger partial charge in [-0.1, -0.05) is 17.4 Å². The van der Waals surface area contributed by atoms with Crippen molar-refractivity contribution < 1.29 is 18.7 Å². The fourth-order valence-electron chi connectivity index (χ4n) is 3.24. The van der Waals surface area contributed by atoms with Gasteiger partial charge in [0.15, 0.2) is 5.13 Å². The number of fused-ring (bicyclic) bond motifs is 1. The molecule has 1 fully saturated rings. The van der Waals surface area contributed by atoms with E-state index in [1.54, 1.807) is 43.4 Å². The lowest BCUT2D eigenvalue weighted by Gasteiger charge is -2.34. The first-order chi connectivity index (χ1) is 14.1. The van der Waals surface area contributed by atoms with Gasteiger partial charge in [-0.2, -0.15) is 0 Å². The normalized spacial score (nSPS) is 14.2. The predicted octanol–water partition coefficient (Wildman–Crippen LogP) is 3.81. The number of nitrogens with one attached hydrogen (secondary N) is 1. The minimum atomic E-state index is -0.309. The number of thiazole rings is 1. The Labute approximate surface area is 171 Å². The Morgan fingerprint density at radius 1 is 1.14 bits per heavy atom. The number of aromatic nitrogens is 1. The smallest absolute Gasteiger partial charge is 0.322 e. The Morgan fingerprint density at radius 2 is 1.93 bits per heavy atom. The fourth-order valence-corrected chi connectivity index (χ4v) is 4.27. The van der Waals surface area contributed by atoms with E-state index >= 15 is 0 Å². The summed E-state index contributed by atoms with van der Waals surface area (Å²) in [5.74, 6) is 0.880. The van der Waals surface area contributed by atoms with Crippen LogP contribution in [-0.2, 0) is 0 Å². The molecule has 0 aliphatic carbocycles. The summed E-state index contributed by atoms with van der Waals surface area (Å²) in [6, 6.07) is 10.0.